The van der Waals surface area contributed by atoms with E-state index in [1.54, 1.807) is 12.1 Å². The molecule has 1 aromatic rings. The van der Waals surface area contributed by atoms with Gasteiger partial charge < -0.3 is 4.74 Å². The van der Waals surface area contributed by atoms with Crippen molar-refractivity contribution in [2.24, 2.45) is 0 Å². The third kappa shape index (κ3) is 1.73. The van der Waals surface area contributed by atoms with Gasteiger partial charge in [0.1, 0.15) is 0 Å². The summed E-state index contributed by atoms with van der Waals surface area (Å²) < 4.78 is 28.5. The van der Waals surface area contributed by atoms with Crippen LogP contribution in [0.5, 0.6) is 0 Å². The van der Waals surface area contributed by atoms with Crippen LogP contribution in [0.4, 0.5) is 0 Å². The molecule has 98 valence electrons. The number of aryl methyl sites for hydroxylation is 1. The van der Waals surface area contributed by atoms with Crippen molar-refractivity contribution < 1.29 is 17.9 Å². The lowest BCUT2D eigenvalue weighted by molar-refractivity contribution is -0.146. The zero-order chi connectivity index (χ0) is 13.4. The van der Waals surface area contributed by atoms with E-state index in [1.165, 1.54) is 13.2 Å². The largest absolute Gasteiger partial charge is 0.468 e. The molecule has 0 unspecified atom stereocenters. The number of ether oxygens (including phenoxy) is 1. The van der Waals surface area contributed by atoms with Crippen LogP contribution in [0.3, 0.4) is 0 Å². The predicted octanol–water partition coefficient (Wildman–Crippen LogP) is 1.86. The molecule has 0 aromatic heterocycles. The van der Waals surface area contributed by atoms with E-state index >= 15 is 0 Å². The van der Waals surface area contributed by atoms with Crippen molar-refractivity contribution in [3.8, 4) is 0 Å². The molecule has 0 N–H and O–H groups in total. The molecule has 0 bridgehead atoms. The summed E-state index contributed by atoms with van der Waals surface area (Å²) in [6, 6.07) is 6.64. The first-order valence-corrected chi connectivity index (χ1v) is 7.32. The van der Waals surface area contributed by atoms with Gasteiger partial charge in [-0.3, -0.25) is 4.79 Å². The minimum Gasteiger partial charge on any atom is -0.468 e. The van der Waals surface area contributed by atoms with Crippen LogP contribution in [0, 0.1) is 6.92 Å². The molecule has 1 aliphatic rings. The number of benzene rings is 1. The van der Waals surface area contributed by atoms with Crippen LogP contribution < -0.4 is 0 Å². The van der Waals surface area contributed by atoms with Gasteiger partial charge >= 0.3 is 5.97 Å². The molecule has 1 fully saturated rings. The lowest BCUT2D eigenvalue weighted by Crippen LogP contribution is -2.52. The maximum Gasteiger partial charge on any atom is 0.327 e. The van der Waals surface area contributed by atoms with Crippen molar-refractivity contribution >= 4 is 15.8 Å². The molecule has 1 saturated carbocycles. The zero-order valence-corrected chi connectivity index (χ0v) is 11.3. The SMILES string of the molecule is COC(=O)C1(S(=O)(=O)c2cccc(C)c2)CCC1. The molecular weight excluding hydrogens is 252 g/mol. The van der Waals surface area contributed by atoms with E-state index in [1.807, 2.05) is 13.0 Å². The molecule has 0 spiro atoms. The molecule has 1 aliphatic carbocycles. The molecule has 0 atom stereocenters. The van der Waals surface area contributed by atoms with Crippen LogP contribution in [-0.4, -0.2) is 26.2 Å². The van der Waals surface area contributed by atoms with Crippen molar-refractivity contribution in [2.75, 3.05) is 7.11 Å². The second kappa shape index (κ2) is 4.39. The Hall–Kier alpha value is -1.36. The van der Waals surface area contributed by atoms with Gasteiger partial charge in [-0.2, -0.15) is 0 Å². The quantitative estimate of drug-likeness (QED) is 0.785. The zero-order valence-electron chi connectivity index (χ0n) is 10.5. The summed E-state index contributed by atoms with van der Waals surface area (Å²) in [6.45, 7) is 1.82. The lowest BCUT2D eigenvalue weighted by Gasteiger charge is -2.37. The highest BCUT2D eigenvalue weighted by molar-refractivity contribution is 7.93. The molecule has 5 heteroatoms. The first-order chi connectivity index (χ1) is 8.44. The second-order valence-electron chi connectivity index (χ2n) is 4.66. The van der Waals surface area contributed by atoms with Gasteiger partial charge in [-0.25, -0.2) is 8.42 Å². The maximum atomic E-state index is 12.6. The number of carbonyl (C=O) groups excluding carboxylic acids is 1. The van der Waals surface area contributed by atoms with E-state index in [0.717, 1.165) is 12.0 Å². The van der Waals surface area contributed by atoms with E-state index in [9.17, 15) is 13.2 Å². The van der Waals surface area contributed by atoms with E-state index in [0.29, 0.717) is 12.8 Å². The van der Waals surface area contributed by atoms with Gasteiger partial charge in [0.15, 0.2) is 14.6 Å². The number of hydrogen-bond acceptors (Lipinski definition) is 4. The van der Waals surface area contributed by atoms with Gasteiger partial charge in [0, 0.05) is 0 Å². The Morgan fingerprint density at radius 1 is 1.33 bits per heavy atom. The van der Waals surface area contributed by atoms with Crippen molar-refractivity contribution in [3.63, 3.8) is 0 Å². The number of esters is 1. The maximum absolute atomic E-state index is 12.6. The Kier molecular flexibility index (Phi) is 3.19. The average Bonchev–Trinajstić information content (AvgIpc) is 2.26. The third-order valence-electron chi connectivity index (χ3n) is 3.53. The molecule has 0 aliphatic heterocycles. The van der Waals surface area contributed by atoms with Crippen molar-refractivity contribution in [2.45, 2.75) is 35.8 Å². The van der Waals surface area contributed by atoms with Crippen LogP contribution in [0.1, 0.15) is 24.8 Å². The van der Waals surface area contributed by atoms with Crippen LogP contribution in [-0.2, 0) is 19.4 Å². The fourth-order valence-electron chi connectivity index (χ4n) is 2.27. The van der Waals surface area contributed by atoms with E-state index in [-0.39, 0.29) is 4.90 Å². The first kappa shape index (κ1) is 13.1. The summed E-state index contributed by atoms with van der Waals surface area (Å²) in [6.07, 6.45) is 1.42. The standard InChI is InChI=1S/C13H16O4S/c1-10-5-3-6-11(9-10)18(15,16)13(7-4-8-13)12(14)17-2/h3,5-6,9H,4,7-8H2,1-2H3. The molecular formula is C13H16O4S. The second-order valence-corrected chi connectivity index (χ2v) is 6.92. The smallest absolute Gasteiger partial charge is 0.327 e. The molecule has 1 aromatic carbocycles. The highest BCUT2D eigenvalue weighted by atomic mass is 32.2. The highest BCUT2D eigenvalue weighted by Gasteiger charge is 2.56. The summed E-state index contributed by atoms with van der Waals surface area (Å²) >= 11 is 0. The fraction of sp³-hybridized carbons (Fsp3) is 0.462. The Labute approximate surface area is 107 Å². The first-order valence-electron chi connectivity index (χ1n) is 5.84. The van der Waals surface area contributed by atoms with Crippen molar-refractivity contribution in [1.82, 2.24) is 0 Å². The third-order valence-corrected chi connectivity index (χ3v) is 6.01. The van der Waals surface area contributed by atoms with E-state index < -0.39 is 20.6 Å². The molecule has 0 saturated heterocycles. The Morgan fingerprint density at radius 3 is 2.44 bits per heavy atom. The van der Waals surface area contributed by atoms with Gasteiger partial charge in [0.25, 0.3) is 0 Å². The van der Waals surface area contributed by atoms with Crippen molar-refractivity contribution in [3.05, 3.63) is 29.8 Å². The lowest BCUT2D eigenvalue weighted by atomic mass is 9.84. The average molecular weight is 268 g/mol. The summed E-state index contributed by atoms with van der Waals surface area (Å²) in [7, 11) is -2.44. The minimum atomic E-state index is -3.67. The van der Waals surface area contributed by atoms with Gasteiger partial charge in [0.05, 0.1) is 12.0 Å². The minimum absolute atomic E-state index is 0.201. The number of rotatable bonds is 3. The molecule has 0 heterocycles. The number of sulfone groups is 1. The number of carbonyl (C=O) groups is 1. The van der Waals surface area contributed by atoms with Crippen molar-refractivity contribution in [1.29, 1.82) is 0 Å². The molecule has 0 amide bonds. The van der Waals surface area contributed by atoms with Gasteiger partial charge in [-0.15, -0.1) is 0 Å². The van der Waals surface area contributed by atoms with E-state index in [4.69, 9.17) is 0 Å². The number of methoxy groups -OCH3 is 1. The predicted molar refractivity (Wildman–Crippen MR) is 67.0 cm³/mol. The van der Waals surface area contributed by atoms with Gasteiger partial charge in [0.2, 0.25) is 0 Å². The normalized spacial score (nSPS) is 17.9. The Balaban J connectivity index is 2.51. The fourth-order valence-corrected chi connectivity index (χ4v) is 4.45. The van der Waals surface area contributed by atoms with Gasteiger partial charge in [-0.05, 0) is 43.9 Å². The Morgan fingerprint density at radius 2 is 2.00 bits per heavy atom. The van der Waals surface area contributed by atoms with Crippen LogP contribution >= 0.6 is 0 Å². The summed E-state index contributed by atoms with van der Waals surface area (Å²) in [5, 5.41) is 0. The summed E-state index contributed by atoms with van der Waals surface area (Å²) in [5.41, 5.74) is 0.857. The summed E-state index contributed by atoms with van der Waals surface area (Å²) in [4.78, 5) is 12.0. The van der Waals surface area contributed by atoms with Gasteiger partial charge in [-0.1, -0.05) is 12.1 Å². The van der Waals surface area contributed by atoms with E-state index in [2.05, 4.69) is 4.74 Å². The highest BCUT2D eigenvalue weighted by Crippen LogP contribution is 2.43. The monoisotopic (exact) mass is 268 g/mol. The van der Waals surface area contributed by atoms with Crippen LogP contribution in [0.25, 0.3) is 0 Å². The summed E-state index contributed by atoms with van der Waals surface area (Å²) in [5.74, 6) is -0.643. The molecule has 0 radical (unpaired) electrons. The topological polar surface area (TPSA) is 60.4 Å². The van der Waals surface area contributed by atoms with Crippen LogP contribution in [0.2, 0.25) is 0 Å². The molecule has 4 nitrogen and oxygen atoms in total. The number of hydrogen-bond donors (Lipinski definition) is 0. The molecule has 18 heavy (non-hydrogen) atoms. The molecule has 2 rings (SSSR count). The Bertz CT molecular complexity index is 570. The van der Waals surface area contributed by atoms with Crippen LogP contribution in [0.15, 0.2) is 29.2 Å².